The highest BCUT2D eigenvalue weighted by Gasteiger charge is 2.20. The molecule has 0 bridgehead atoms. The zero-order chi connectivity index (χ0) is 20.0. The summed E-state index contributed by atoms with van der Waals surface area (Å²) in [6.45, 7) is 6.45. The molecule has 8 heteroatoms. The van der Waals surface area contributed by atoms with Gasteiger partial charge in [0.2, 0.25) is 0 Å². The number of imidazole rings is 1. The van der Waals surface area contributed by atoms with Crippen LogP contribution in [0.15, 0.2) is 22.9 Å². The highest BCUT2D eigenvalue weighted by Crippen LogP contribution is 2.39. The van der Waals surface area contributed by atoms with E-state index in [-0.39, 0.29) is 6.04 Å². The van der Waals surface area contributed by atoms with E-state index < -0.39 is 0 Å². The number of H-pyrrole nitrogens is 1. The van der Waals surface area contributed by atoms with Crippen LogP contribution in [0.2, 0.25) is 0 Å². The van der Waals surface area contributed by atoms with E-state index in [4.69, 9.17) is 26.2 Å². The lowest BCUT2D eigenvalue weighted by molar-refractivity contribution is 0.163. The molecule has 0 spiro atoms. The van der Waals surface area contributed by atoms with Crippen molar-refractivity contribution in [2.75, 3.05) is 20.8 Å². The van der Waals surface area contributed by atoms with Crippen molar-refractivity contribution in [1.82, 2.24) is 19.7 Å². The summed E-state index contributed by atoms with van der Waals surface area (Å²) < 4.78 is 19.1. The van der Waals surface area contributed by atoms with Crippen LogP contribution in [0.3, 0.4) is 0 Å². The highest BCUT2D eigenvalue weighted by molar-refractivity contribution is 7.71. The van der Waals surface area contributed by atoms with Crippen LogP contribution in [0.4, 0.5) is 0 Å². The van der Waals surface area contributed by atoms with Gasteiger partial charge >= 0.3 is 0 Å². The van der Waals surface area contributed by atoms with Crippen molar-refractivity contribution < 1.29 is 14.0 Å². The van der Waals surface area contributed by atoms with E-state index in [0.717, 1.165) is 50.3 Å². The fraction of sp³-hybridized carbons (Fsp3) is 0.350. The molecule has 0 aliphatic rings. The van der Waals surface area contributed by atoms with E-state index in [1.807, 2.05) is 32.2 Å². The van der Waals surface area contributed by atoms with Gasteiger partial charge < -0.3 is 23.5 Å². The minimum Gasteiger partial charge on any atom is -0.496 e. The van der Waals surface area contributed by atoms with Gasteiger partial charge in [0.1, 0.15) is 11.5 Å². The summed E-state index contributed by atoms with van der Waals surface area (Å²) in [4.78, 5) is 7.90. The van der Waals surface area contributed by atoms with Crippen molar-refractivity contribution >= 4 is 34.2 Å². The summed E-state index contributed by atoms with van der Waals surface area (Å²) >= 11 is 5.56. The second kappa shape index (κ2) is 7.03. The molecular formula is C20H22N4O3S. The number of methoxy groups -OCH3 is 2. The van der Waals surface area contributed by atoms with E-state index in [2.05, 4.69) is 26.6 Å². The Balaban J connectivity index is 2.06. The fourth-order valence-electron chi connectivity index (χ4n) is 3.80. The van der Waals surface area contributed by atoms with Gasteiger partial charge in [-0.2, -0.15) is 0 Å². The van der Waals surface area contributed by atoms with E-state index in [1.54, 1.807) is 14.2 Å². The van der Waals surface area contributed by atoms with E-state index >= 15 is 0 Å². The third kappa shape index (κ3) is 2.80. The number of benzene rings is 1. The molecule has 28 heavy (non-hydrogen) atoms. The number of aromatic amines is 1. The Morgan fingerprint density at radius 3 is 2.71 bits per heavy atom. The molecule has 0 fully saturated rings. The zero-order valence-electron chi connectivity index (χ0n) is 16.5. The van der Waals surface area contributed by atoms with Crippen LogP contribution in [-0.2, 0) is 4.74 Å². The molecule has 146 valence electrons. The number of fused-ring (bicyclic) bond motifs is 3. The second-order valence-electron chi connectivity index (χ2n) is 6.89. The predicted octanol–water partition coefficient (Wildman–Crippen LogP) is 4.73. The summed E-state index contributed by atoms with van der Waals surface area (Å²) in [6.07, 6.45) is 1.81. The van der Waals surface area contributed by atoms with Crippen LogP contribution >= 0.6 is 12.2 Å². The molecule has 3 aromatic heterocycles. The fourth-order valence-corrected chi connectivity index (χ4v) is 4.18. The molecule has 1 N–H and O–H groups in total. The highest BCUT2D eigenvalue weighted by atomic mass is 32.1. The number of aromatic nitrogens is 4. The first kappa shape index (κ1) is 18.6. The Morgan fingerprint density at radius 2 is 2.07 bits per heavy atom. The average molecular weight is 398 g/mol. The third-order valence-electron chi connectivity index (χ3n) is 5.01. The first-order valence-electron chi connectivity index (χ1n) is 8.99. The van der Waals surface area contributed by atoms with Crippen LogP contribution in [0.1, 0.15) is 24.4 Å². The summed E-state index contributed by atoms with van der Waals surface area (Å²) in [5, 5.41) is 5.03. The second-order valence-corrected chi connectivity index (χ2v) is 7.28. The molecule has 4 rings (SSSR count). The third-order valence-corrected chi connectivity index (χ3v) is 5.31. The number of hydrogen-bond donors (Lipinski definition) is 1. The van der Waals surface area contributed by atoms with Gasteiger partial charge in [-0.05, 0) is 45.1 Å². The first-order valence-corrected chi connectivity index (χ1v) is 9.40. The Morgan fingerprint density at radius 1 is 1.29 bits per heavy atom. The van der Waals surface area contributed by atoms with Gasteiger partial charge in [0.15, 0.2) is 4.77 Å². The largest absolute Gasteiger partial charge is 0.496 e. The minimum atomic E-state index is 0.0742. The molecule has 1 atom stereocenters. The van der Waals surface area contributed by atoms with E-state index in [0.29, 0.717) is 11.4 Å². The maximum Gasteiger partial charge on any atom is 0.178 e. The van der Waals surface area contributed by atoms with E-state index in [1.165, 1.54) is 0 Å². The van der Waals surface area contributed by atoms with Gasteiger partial charge in [-0.3, -0.25) is 4.98 Å². The van der Waals surface area contributed by atoms with Crippen LogP contribution in [0.25, 0.3) is 33.1 Å². The van der Waals surface area contributed by atoms with E-state index in [9.17, 15) is 0 Å². The normalized spacial score (nSPS) is 12.8. The molecule has 0 radical (unpaired) electrons. The quantitative estimate of drug-likeness (QED) is 0.490. The van der Waals surface area contributed by atoms with Crippen LogP contribution in [0.5, 0.6) is 5.75 Å². The number of rotatable bonds is 5. The number of hydrogen-bond acceptors (Lipinski definition) is 6. The van der Waals surface area contributed by atoms with Crippen molar-refractivity contribution in [1.29, 1.82) is 0 Å². The topological polar surface area (TPSA) is 78.1 Å². The van der Waals surface area contributed by atoms with Crippen molar-refractivity contribution in [2.45, 2.75) is 26.8 Å². The molecule has 0 saturated heterocycles. The van der Waals surface area contributed by atoms with Gasteiger partial charge in [0.25, 0.3) is 0 Å². The zero-order valence-corrected chi connectivity index (χ0v) is 17.3. The van der Waals surface area contributed by atoms with Gasteiger partial charge in [-0.15, -0.1) is 0 Å². The molecule has 7 nitrogen and oxygen atoms in total. The van der Waals surface area contributed by atoms with Crippen molar-refractivity contribution in [2.24, 2.45) is 0 Å². The number of pyridine rings is 1. The summed E-state index contributed by atoms with van der Waals surface area (Å²) in [7, 11) is 3.35. The smallest absolute Gasteiger partial charge is 0.178 e. The standard InChI is InChI=1S/C20H22N4O3S/c1-10(9-25-4)24-19-13-7-17(26-5)14(18-11(2)23-27-12(18)3)6-15(13)21-8-16(19)22-20(24)28/h6-8,10H,9H2,1-5H3,(H,22,28)/t10-/m1/s1. The SMILES string of the molecule is COC[C@@H](C)n1c(=S)[nH]c2cnc3cc(-c4c(C)noc4C)c(OC)cc3c21. The Labute approximate surface area is 167 Å². The van der Waals surface area contributed by atoms with Crippen LogP contribution in [0, 0.1) is 18.6 Å². The number of ether oxygens (including phenoxy) is 2. The molecule has 4 aromatic rings. The lowest BCUT2D eigenvalue weighted by atomic mass is 10.0. The number of nitrogens with one attached hydrogen (secondary N) is 1. The molecular weight excluding hydrogens is 376 g/mol. The Bertz CT molecular complexity index is 1220. The van der Waals surface area contributed by atoms with Gasteiger partial charge in [0, 0.05) is 18.1 Å². The maximum atomic E-state index is 5.72. The molecule has 0 amide bonds. The van der Waals surface area contributed by atoms with Crippen molar-refractivity contribution in [3.05, 3.63) is 34.6 Å². The first-order chi connectivity index (χ1) is 13.5. The molecule has 3 heterocycles. The molecule has 0 unspecified atom stereocenters. The minimum absolute atomic E-state index is 0.0742. The van der Waals surface area contributed by atoms with Crippen LogP contribution < -0.4 is 4.74 Å². The number of nitrogens with zero attached hydrogens (tertiary/aromatic N) is 3. The Kier molecular flexibility index (Phi) is 4.68. The van der Waals surface area contributed by atoms with Crippen molar-refractivity contribution in [3.8, 4) is 16.9 Å². The summed E-state index contributed by atoms with van der Waals surface area (Å²) in [5.74, 6) is 1.48. The number of aryl methyl sites for hydroxylation is 2. The maximum absolute atomic E-state index is 5.72. The van der Waals surface area contributed by atoms with Crippen molar-refractivity contribution in [3.63, 3.8) is 0 Å². The van der Waals surface area contributed by atoms with Crippen LogP contribution in [-0.4, -0.2) is 40.5 Å². The predicted molar refractivity (Wildman–Crippen MR) is 111 cm³/mol. The molecule has 1 aromatic carbocycles. The average Bonchev–Trinajstić information content (AvgIpc) is 3.19. The monoisotopic (exact) mass is 398 g/mol. The van der Waals surface area contributed by atoms with Gasteiger partial charge in [-0.25, -0.2) is 0 Å². The summed E-state index contributed by atoms with van der Waals surface area (Å²) in [5.41, 5.74) is 5.36. The lowest BCUT2D eigenvalue weighted by Crippen LogP contribution is -2.11. The Hall–Kier alpha value is -2.71. The molecule has 0 aliphatic heterocycles. The summed E-state index contributed by atoms with van der Waals surface area (Å²) in [6, 6.07) is 4.09. The molecule has 0 aliphatic carbocycles. The van der Waals surface area contributed by atoms with Gasteiger partial charge in [-0.1, -0.05) is 5.16 Å². The molecule has 0 saturated carbocycles. The van der Waals surface area contributed by atoms with Gasteiger partial charge in [0.05, 0.1) is 53.8 Å². The lowest BCUT2D eigenvalue weighted by Gasteiger charge is -2.15.